The van der Waals surface area contributed by atoms with Crippen LogP contribution in [0.15, 0.2) is 5.16 Å². The van der Waals surface area contributed by atoms with Crippen LogP contribution < -0.4 is 0 Å². The molecule has 3 heterocycles. The molecule has 7 heteroatoms. The third kappa shape index (κ3) is 3.20. The van der Waals surface area contributed by atoms with Crippen molar-refractivity contribution in [2.75, 3.05) is 0 Å². The summed E-state index contributed by atoms with van der Waals surface area (Å²) in [4.78, 5) is 20.8. The lowest BCUT2D eigenvalue weighted by Crippen LogP contribution is -2.09. The average molecular weight is 334 g/mol. The number of aromatic nitrogens is 4. The van der Waals surface area contributed by atoms with Gasteiger partial charge in [-0.2, -0.15) is 4.98 Å². The van der Waals surface area contributed by atoms with Gasteiger partial charge in [-0.05, 0) is 39.2 Å². The minimum Gasteiger partial charge on any atom is -0.462 e. The van der Waals surface area contributed by atoms with Gasteiger partial charge in [0.1, 0.15) is 11.4 Å². The molecule has 0 bridgehead atoms. The predicted octanol–water partition coefficient (Wildman–Crippen LogP) is 2.88. The van der Waals surface area contributed by atoms with Gasteiger partial charge in [0, 0.05) is 17.8 Å². The molecule has 1 aliphatic rings. The Kier molecular flexibility index (Phi) is 4.57. The Hall–Kier alpha value is -1.63. The third-order valence-corrected chi connectivity index (χ3v) is 5.24. The van der Waals surface area contributed by atoms with Gasteiger partial charge in [-0.3, -0.25) is 4.79 Å². The number of esters is 1. The predicted molar refractivity (Wildman–Crippen MR) is 88.7 cm³/mol. The van der Waals surface area contributed by atoms with Gasteiger partial charge in [0.05, 0.1) is 0 Å². The number of carbonyl (C=O) groups excluding carboxylic acids is 1. The molecule has 1 saturated heterocycles. The van der Waals surface area contributed by atoms with E-state index in [-0.39, 0.29) is 17.3 Å². The molecule has 2 aromatic heterocycles. The molecule has 2 aromatic rings. The number of ether oxygens (including phenoxy) is 1. The molecular weight excluding hydrogens is 312 g/mol. The van der Waals surface area contributed by atoms with Crippen LogP contribution in [0.25, 0.3) is 5.78 Å². The summed E-state index contributed by atoms with van der Waals surface area (Å²) in [5, 5.41) is 4.91. The number of nitrogens with zero attached hydrogens (tertiary/aromatic N) is 4. The molecule has 3 rings (SSSR count). The first-order chi connectivity index (χ1) is 11.0. The molecule has 0 N–H and O–H groups in total. The van der Waals surface area contributed by atoms with E-state index in [4.69, 9.17) is 4.74 Å². The summed E-state index contributed by atoms with van der Waals surface area (Å²) in [5.74, 6) is 0.424. The first-order valence-electron chi connectivity index (χ1n) is 8.09. The zero-order valence-electron chi connectivity index (χ0n) is 14.0. The molecule has 0 radical (unpaired) electrons. The van der Waals surface area contributed by atoms with Crippen LogP contribution in [0.3, 0.4) is 0 Å². The first-order valence-corrected chi connectivity index (χ1v) is 8.97. The molecule has 124 valence electrons. The van der Waals surface area contributed by atoms with Crippen LogP contribution in [0, 0.1) is 13.8 Å². The van der Waals surface area contributed by atoms with Gasteiger partial charge < -0.3 is 4.74 Å². The number of thioether (sulfide) groups is 1. The summed E-state index contributed by atoms with van der Waals surface area (Å²) < 4.78 is 6.98. The number of hydrogen-bond acceptors (Lipinski definition) is 6. The van der Waals surface area contributed by atoms with Gasteiger partial charge in [-0.25, -0.2) is 9.50 Å². The quantitative estimate of drug-likeness (QED) is 0.783. The van der Waals surface area contributed by atoms with Crippen molar-refractivity contribution in [3.8, 4) is 0 Å². The molecule has 0 aliphatic carbocycles. The van der Waals surface area contributed by atoms with E-state index >= 15 is 0 Å². The lowest BCUT2D eigenvalue weighted by molar-refractivity contribution is -0.140. The van der Waals surface area contributed by atoms with E-state index in [0.717, 1.165) is 30.7 Å². The molecule has 1 fully saturated rings. The molecule has 0 saturated carbocycles. The molecule has 0 amide bonds. The first kappa shape index (κ1) is 16.2. The summed E-state index contributed by atoms with van der Waals surface area (Å²) in [6, 6.07) is 0. The van der Waals surface area contributed by atoms with E-state index in [1.54, 1.807) is 4.52 Å². The van der Waals surface area contributed by atoms with E-state index in [1.807, 2.05) is 13.8 Å². The fourth-order valence-electron chi connectivity index (χ4n) is 2.90. The Morgan fingerprint density at radius 2 is 2.13 bits per heavy atom. The minimum absolute atomic E-state index is 0.0280. The summed E-state index contributed by atoms with van der Waals surface area (Å²) in [7, 11) is 0. The number of carbonyl (C=O) groups is 1. The maximum atomic E-state index is 11.8. The Morgan fingerprint density at radius 1 is 1.35 bits per heavy atom. The molecular formula is C16H22N4O2S. The van der Waals surface area contributed by atoms with Gasteiger partial charge in [-0.15, -0.1) is 5.10 Å². The summed E-state index contributed by atoms with van der Waals surface area (Å²) in [5.41, 5.74) is 3.35. The van der Waals surface area contributed by atoms with E-state index in [0.29, 0.717) is 17.4 Å². The average Bonchev–Trinajstić information content (AvgIpc) is 3.02. The van der Waals surface area contributed by atoms with Crippen molar-refractivity contribution in [3.63, 3.8) is 0 Å². The van der Waals surface area contributed by atoms with Crippen molar-refractivity contribution in [3.05, 3.63) is 17.0 Å². The SMILES string of the molecule is CCCCc1c(C)nc2nc(S[C@@H]3C[C@H](C)OC3=O)nn2c1C. The zero-order chi connectivity index (χ0) is 16.6. The number of hydrogen-bond donors (Lipinski definition) is 0. The van der Waals surface area contributed by atoms with Crippen molar-refractivity contribution in [2.24, 2.45) is 0 Å². The second-order valence-corrected chi connectivity index (χ2v) is 7.23. The Labute approximate surface area is 140 Å². The van der Waals surface area contributed by atoms with E-state index < -0.39 is 0 Å². The molecule has 0 unspecified atom stereocenters. The van der Waals surface area contributed by atoms with E-state index in [9.17, 15) is 4.79 Å². The van der Waals surface area contributed by atoms with Crippen molar-refractivity contribution in [1.29, 1.82) is 0 Å². The molecule has 0 spiro atoms. The van der Waals surface area contributed by atoms with Crippen LogP contribution in [0.2, 0.25) is 0 Å². The van der Waals surface area contributed by atoms with Crippen LogP contribution in [0.5, 0.6) is 0 Å². The van der Waals surface area contributed by atoms with Crippen molar-refractivity contribution < 1.29 is 9.53 Å². The number of unbranched alkanes of at least 4 members (excludes halogenated alkanes) is 1. The van der Waals surface area contributed by atoms with Crippen LogP contribution >= 0.6 is 11.8 Å². The minimum atomic E-state index is -0.219. The second kappa shape index (κ2) is 6.47. The van der Waals surface area contributed by atoms with Crippen LogP contribution in [0.4, 0.5) is 0 Å². The lowest BCUT2D eigenvalue weighted by atomic mass is 10.1. The summed E-state index contributed by atoms with van der Waals surface area (Å²) in [6.07, 6.45) is 3.96. The van der Waals surface area contributed by atoms with Gasteiger partial charge in [0.15, 0.2) is 0 Å². The fraction of sp³-hybridized carbons (Fsp3) is 0.625. The summed E-state index contributed by atoms with van der Waals surface area (Å²) in [6.45, 7) is 8.17. The maximum Gasteiger partial charge on any atom is 0.319 e. The maximum absolute atomic E-state index is 11.8. The third-order valence-electron chi connectivity index (χ3n) is 4.18. The summed E-state index contributed by atoms with van der Waals surface area (Å²) >= 11 is 1.37. The molecule has 6 nitrogen and oxygen atoms in total. The Morgan fingerprint density at radius 3 is 2.78 bits per heavy atom. The number of aryl methyl sites for hydroxylation is 2. The zero-order valence-corrected chi connectivity index (χ0v) is 14.8. The van der Waals surface area contributed by atoms with Crippen LogP contribution in [-0.4, -0.2) is 36.9 Å². The standard InChI is InChI=1S/C16H22N4O2S/c1-5-6-7-12-10(3)17-15-18-16(19-20(15)11(12)4)23-13-8-9(2)22-14(13)21/h9,13H,5-8H2,1-4H3/t9-,13+/m0/s1. The number of cyclic esters (lactones) is 1. The molecule has 1 aliphatic heterocycles. The van der Waals surface area contributed by atoms with E-state index in [1.165, 1.54) is 17.3 Å². The highest BCUT2D eigenvalue weighted by Crippen LogP contribution is 2.30. The highest BCUT2D eigenvalue weighted by molar-refractivity contribution is 8.00. The highest BCUT2D eigenvalue weighted by Gasteiger charge is 2.33. The Balaban J connectivity index is 1.89. The van der Waals surface area contributed by atoms with Crippen molar-refractivity contribution in [1.82, 2.24) is 19.6 Å². The van der Waals surface area contributed by atoms with Crippen LogP contribution in [0.1, 0.15) is 50.1 Å². The smallest absolute Gasteiger partial charge is 0.319 e. The van der Waals surface area contributed by atoms with Gasteiger partial charge >= 0.3 is 5.97 Å². The molecule has 2 atom stereocenters. The number of rotatable bonds is 5. The molecule has 0 aromatic carbocycles. The highest BCUT2D eigenvalue weighted by atomic mass is 32.2. The van der Waals surface area contributed by atoms with E-state index in [2.05, 4.69) is 28.9 Å². The van der Waals surface area contributed by atoms with Crippen molar-refractivity contribution in [2.45, 2.75) is 69.9 Å². The number of fused-ring (bicyclic) bond motifs is 1. The fourth-order valence-corrected chi connectivity index (χ4v) is 3.94. The lowest BCUT2D eigenvalue weighted by Gasteiger charge is -2.09. The van der Waals surface area contributed by atoms with Gasteiger partial charge in [0.2, 0.25) is 5.16 Å². The van der Waals surface area contributed by atoms with Crippen molar-refractivity contribution >= 4 is 23.5 Å². The molecule has 23 heavy (non-hydrogen) atoms. The van der Waals surface area contributed by atoms with Gasteiger partial charge in [-0.1, -0.05) is 25.1 Å². The second-order valence-electron chi connectivity index (χ2n) is 6.06. The monoisotopic (exact) mass is 334 g/mol. The topological polar surface area (TPSA) is 69.4 Å². The largest absolute Gasteiger partial charge is 0.462 e. The Bertz CT molecular complexity index is 743. The van der Waals surface area contributed by atoms with Crippen LogP contribution in [-0.2, 0) is 16.0 Å². The normalized spacial score (nSPS) is 21.1. The van der Waals surface area contributed by atoms with Gasteiger partial charge in [0.25, 0.3) is 5.78 Å².